The van der Waals surface area contributed by atoms with Crippen LogP contribution >= 0.6 is 0 Å². The van der Waals surface area contributed by atoms with Gasteiger partial charge in [0.05, 0.1) is 0 Å². The van der Waals surface area contributed by atoms with E-state index in [1.807, 2.05) is 30.3 Å². The third-order valence-corrected chi connectivity index (χ3v) is 6.05. The summed E-state index contributed by atoms with van der Waals surface area (Å²) in [6, 6.07) is 12.0. The van der Waals surface area contributed by atoms with Crippen LogP contribution in [0.25, 0.3) is 0 Å². The van der Waals surface area contributed by atoms with Crippen LogP contribution in [0.15, 0.2) is 59.9 Å². The van der Waals surface area contributed by atoms with E-state index in [-0.39, 0.29) is 24.2 Å². The van der Waals surface area contributed by atoms with Crippen molar-refractivity contribution in [2.75, 3.05) is 13.1 Å². The summed E-state index contributed by atoms with van der Waals surface area (Å²) >= 11 is 0. The molecule has 36 heavy (non-hydrogen) atoms. The molecule has 1 aromatic carbocycles. The number of carbonyl (C=O) groups is 3. The number of carboxylic acid groups (broad SMARTS) is 1. The van der Waals surface area contributed by atoms with Gasteiger partial charge in [0.15, 0.2) is 11.5 Å². The Morgan fingerprint density at radius 2 is 1.81 bits per heavy atom. The second-order valence-corrected chi connectivity index (χ2v) is 9.31. The van der Waals surface area contributed by atoms with Crippen LogP contribution < -0.4 is 16.4 Å². The zero-order valence-corrected chi connectivity index (χ0v) is 20.7. The predicted octanol–water partition coefficient (Wildman–Crippen LogP) is 2.26. The first-order chi connectivity index (χ1) is 17.2. The molecule has 192 valence electrons. The second kappa shape index (κ2) is 12.1. The summed E-state index contributed by atoms with van der Waals surface area (Å²) in [4.78, 5) is 47.3. The fraction of sp³-hybridized carbons (Fsp3) is 0.423. The predicted molar refractivity (Wildman–Crippen MR) is 136 cm³/mol. The van der Waals surface area contributed by atoms with Crippen LogP contribution in [0.3, 0.4) is 0 Å². The number of nitrogens with one attached hydrogen (secondary N) is 2. The monoisotopic (exact) mass is 494 g/mol. The van der Waals surface area contributed by atoms with Crippen LogP contribution in [0.5, 0.6) is 0 Å². The van der Waals surface area contributed by atoms with E-state index in [1.54, 1.807) is 24.5 Å². The lowest BCUT2D eigenvalue weighted by Crippen LogP contribution is -2.48. The number of unbranched alkanes of at least 4 members (excludes halogenated alkanes) is 1. The lowest BCUT2D eigenvalue weighted by molar-refractivity contribution is -0.132. The minimum atomic E-state index is -1.27. The molecule has 5 N–H and O–H groups in total. The van der Waals surface area contributed by atoms with Crippen molar-refractivity contribution in [3.63, 3.8) is 0 Å². The molecule has 0 saturated carbocycles. The molecule has 2 atom stereocenters. The smallest absolute Gasteiger partial charge is 0.405 e. The number of hydrogen-bond donors (Lipinski definition) is 4. The standard InChI is InChI=1S/C26H34N6O4/c1-18(2)17-26(20-8-4-3-5-9-20)23(34)32(24(27)31-26)15-7-6-12-29-22(33)21(30-25(35)36)16-19-10-13-28-14-11-19/h3-5,8-11,13-14,18,21,30H,6-7,12,15-17H2,1-2H3,(H2,27,31)(H,29,33)(H,35,36). The summed E-state index contributed by atoms with van der Waals surface area (Å²) in [6.07, 6.45) is 3.86. The lowest BCUT2D eigenvalue weighted by Gasteiger charge is -2.28. The third kappa shape index (κ3) is 6.59. The molecule has 1 aliphatic heterocycles. The van der Waals surface area contributed by atoms with Gasteiger partial charge in [-0.05, 0) is 48.4 Å². The number of nitrogens with two attached hydrogens (primary N) is 1. The Morgan fingerprint density at radius 1 is 1.11 bits per heavy atom. The fourth-order valence-electron chi connectivity index (χ4n) is 4.43. The number of hydrogen-bond acceptors (Lipinski definition) is 6. The maximum absolute atomic E-state index is 13.5. The van der Waals surface area contributed by atoms with Gasteiger partial charge in [0.25, 0.3) is 5.91 Å². The van der Waals surface area contributed by atoms with Gasteiger partial charge < -0.3 is 21.5 Å². The number of benzene rings is 1. The molecule has 0 bridgehead atoms. The van der Waals surface area contributed by atoms with E-state index in [0.29, 0.717) is 32.4 Å². The fourth-order valence-corrected chi connectivity index (χ4v) is 4.43. The van der Waals surface area contributed by atoms with E-state index in [9.17, 15) is 14.4 Å². The molecule has 0 fully saturated rings. The van der Waals surface area contributed by atoms with Gasteiger partial charge >= 0.3 is 6.09 Å². The van der Waals surface area contributed by atoms with Gasteiger partial charge in [0.1, 0.15) is 6.04 Å². The van der Waals surface area contributed by atoms with Gasteiger partial charge in [-0.2, -0.15) is 0 Å². The van der Waals surface area contributed by atoms with Crippen LogP contribution in [0.4, 0.5) is 4.79 Å². The molecule has 2 heterocycles. The zero-order chi connectivity index (χ0) is 26.1. The van der Waals surface area contributed by atoms with Gasteiger partial charge in [-0.25, -0.2) is 9.79 Å². The third-order valence-electron chi connectivity index (χ3n) is 6.05. The van der Waals surface area contributed by atoms with Gasteiger partial charge in [-0.1, -0.05) is 44.2 Å². The Kier molecular flexibility index (Phi) is 8.99. The van der Waals surface area contributed by atoms with Crippen molar-refractivity contribution in [2.45, 2.75) is 51.1 Å². The van der Waals surface area contributed by atoms with E-state index in [2.05, 4.69) is 34.5 Å². The van der Waals surface area contributed by atoms with Crippen LogP contribution in [-0.2, 0) is 21.5 Å². The Morgan fingerprint density at radius 3 is 2.44 bits per heavy atom. The Hall–Kier alpha value is -3.95. The number of nitrogens with zero attached hydrogens (tertiary/aromatic N) is 3. The molecule has 0 saturated heterocycles. The van der Waals surface area contributed by atoms with Crippen LogP contribution in [0.1, 0.15) is 44.2 Å². The van der Waals surface area contributed by atoms with Crippen molar-refractivity contribution in [1.29, 1.82) is 0 Å². The molecule has 0 aliphatic carbocycles. The van der Waals surface area contributed by atoms with E-state index >= 15 is 0 Å². The van der Waals surface area contributed by atoms with E-state index in [0.717, 1.165) is 11.1 Å². The van der Waals surface area contributed by atoms with Crippen LogP contribution in [0, 0.1) is 5.92 Å². The summed E-state index contributed by atoms with van der Waals surface area (Å²) in [5.74, 6) is -0.100. The number of pyridine rings is 1. The Bertz CT molecular complexity index is 1080. The normalized spacial score (nSPS) is 18.1. The molecule has 1 aromatic heterocycles. The topological polar surface area (TPSA) is 150 Å². The Balaban J connectivity index is 1.54. The van der Waals surface area contributed by atoms with Crippen molar-refractivity contribution >= 4 is 23.9 Å². The van der Waals surface area contributed by atoms with Crippen LogP contribution in [0.2, 0.25) is 0 Å². The maximum atomic E-state index is 13.5. The molecular weight excluding hydrogens is 460 g/mol. The summed E-state index contributed by atoms with van der Waals surface area (Å²) in [5, 5.41) is 14.2. The van der Waals surface area contributed by atoms with Crippen molar-refractivity contribution in [3.05, 3.63) is 66.0 Å². The van der Waals surface area contributed by atoms with Crippen LogP contribution in [-0.4, -0.2) is 58.0 Å². The first kappa shape index (κ1) is 26.7. The lowest BCUT2D eigenvalue weighted by atomic mass is 9.82. The summed E-state index contributed by atoms with van der Waals surface area (Å²) in [6.45, 7) is 4.82. The number of carbonyl (C=O) groups excluding carboxylic acids is 2. The first-order valence-corrected chi connectivity index (χ1v) is 12.1. The Labute approximate surface area is 211 Å². The number of aliphatic imine (C=N–C) groups is 1. The molecule has 0 radical (unpaired) electrons. The summed E-state index contributed by atoms with van der Waals surface area (Å²) in [7, 11) is 0. The minimum absolute atomic E-state index is 0.132. The number of amides is 3. The molecule has 2 aromatic rings. The first-order valence-electron chi connectivity index (χ1n) is 12.1. The number of guanidine groups is 1. The van der Waals surface area contributed by atoms with Crippen molar-refractivity contribution in [2.24, 2.45) is 16.6 Å². The minimum Gasteiger partial charge on any atom is -0.465 e. The molecule has 3 amide bonds. The van der Waals surface area contributed by atoms with Crippen molar-refractivity contribution < 1.29 is 19.5 Å². The van der Waals surface area contributed by atoms with Gasteiger partial charge in [0.2, 0.25) is 5.91 Å². The van der Waals surface area contributed by atoms with E-state index < -0.39 is 23.6 Å². The largest absolute Gasteiger partial charge is 0.465 e. The average Bonchev–Trinajstić information content (AvgIpc) is 3.08. The van der Waals surface area contributed by atoms with E-state index in [1.165, 1.54) is 4.90 Å². The molecular formula is C26H34N6O4. The summed E-state index contributed by atoms with van der Waals surface area (Å²) in [5.41, 5.74) is 6.80. The number of rotatable bonds is 12. The van der Waals surface area contributed by atoms with Gasteiger partial charge in [0, 0.05) is 31.9 Å². The van der Waals surface area contributed by atoms with Crippen molar-refractivity contribution in [1.82, 2.24) is 20.5 Å². The molecule has 10 heteroatoms. The van der Waals surface area contributed by atoms with Gasteiger partial charge in [-0.3, -0.25) is 19.5 Å². The summed E-state index contributed by atoms with van der Waals surface area (Å²) < 4.78 is 0. The molecule has 2 unspecified atom stereocenters. The molecule has 1 aliphatic rings. The molecule has 10 nitrogen and oxygen atoms in total. The zero-order valence-electron chi connectivity index (χ0n) is 20.7. The highest BCUT2D eigenvalue weighted by Gasteiger charge is 2.49. The average molecular weight is 495 g/mol. The number of aromatic nitrogens is 1. The molecule has 0 spiro atoms. The SMILES string of the molecule is CC(C)CC1(c2ccccc2)N=C(N)N(CCCCNC(=O)C(Cc2ccncc2)NC(=O)O)C1=O. The molecule has 3 rings (SSSR count). The quantitative estimate of drug-likeness (QED) is 0.332. The second-order valence-electron chi connectivity index (χ2n) is 9.31. The maximum Gasteiger partial charge on any atom is 0.405 e. The highest BCUT2D eigenvalue weighted by Crippen LogP contribution is 2.38. The highest BCUT2D eigenvalue weighted by molar-refractivity contribution is 6.07. The highest BCUT2D eigenvalue weighted by atomic mass is 16.4. The van der Waals surface area contributed by atoms with E-state index in [4.69, 9.17) is 10.8 Å². The van der Waals surface area contributed by atoms with Crippen molar-refractivity contribution in [3.8, 4) is 0 Å². The van der Waals surface area contributed by atoms with Gasteiger partial charge in [-0.15, -0.1) is 0 Å².